The molecule has 0 aromatic carbocycles. The number of aromatic nitrogens is 2. The second-order valence-corrected chi connectivity index (χ2v) is 5.79. The average Bonchev–Trinajstić information content (AvgIpc) is 2.63. The van der Waals surface area contributed by atoms with Crippen molar-refractivity contribution >= 4 is 39.0 Å². The molecule has 0 fully saturated rings. The molecule has 1 unspecified atom stereocenters. The van der Waals surface area contributed by atoms with Gasteiger partial charge in [-0.1, -0.05) is 0 Å². The summed E-state index contributed by atoms with van der Waals surface area (Å²) in [5, 5.41) is 1.16. The largest absolute Gasteiger partial charge is 0.355 e. The van der Waals surface area contributed by atoms with Crippen LogP contribution in [0.3, 0.4) is 0 Å². The van der Waals surface area contributed by atoms with Crippen molar-refractivity contribution in [2.75, 3.05) is 17.8 Å². The molecule has 0 N–H and O–H groups in total. The van der Waals surface area contributed by atoms with E-state index < -0.39 is 0 Å². The molecule has 5 heteroatoms. The first-order valence-corrected chi connectivity index (χ1v) is 6.90. The van der Waals surface area contributed by atoms with Crippen LogP contribution in [0.25, 0.3) is 10.2 Å². The van der Waals surface area contributed by atoms with Gasteiger partial charge in [-0.05, 0) is 26.3 Å². The van der Waals surface area contributed by atoms with Gasteiger partial charge < -0.3 is 4.90 Å². The Kier molecular flexibility index (Phi) is 3.54. The van der Waals surface area contributed by atoms with Crippen molar-refractivity contribution < 1.29 is 0 Å². The van der Waals surface area contributed by atoms with Crippen molar-refractivity contribution in [3.05, 3.63) is 16.8 Å². The number of alkyl halides is 1. The molecule has 0 spiro atoms. The van der Waals surface area contributed by atoms with Crippen LogP contribution in [0, 0.1) is 13.8 Å². The average molecular weight is 270 g/mol. The lowest BCUT2D eigenvalue weighted by molar-refractivity contribution is 0.751. The second-order valence-electron chi connectivity index (χ2n) is 4.27. The monoisotopic (exact) mass is 269 g/mol. The summed E-state index contributed by atoms with van der Waals surface area (Å²) in [6.45, 7) is 6.34. The molecule has 0 aliphatic carbocycles. The molecular formula is C12H16ClN3S. The lowest BCUT2D eigenvalue weighted by Gasteiger charge is -2.24. The number of hydrogen-bond acceptors (Lipinski definition) is 4. The number of halogens is 1. The van der Waals surface area contributed by atoms with E-state index in [9.17, 15) is 0 Å². The summed E-state index contributed by atoms with van der Waals surface area (Å²) in [4.78, 5) is 13.2. The lowest BCUT2D eigenvalue weighted by Crippen LogP contribution is -2.31. The summed E-state index contributed by atoms with van der Waals surface area (Å²) in [7, 11) is 2.03. The van der Waals surface area contributed by atoms with Crippen LogP contribution in [0.2, 0.25) is 0 Å². The van der Waals surface area contributed by atoms with Gasteiger partial charge >= 0.3 is 0 Å². The minimum absolute atomic E-state index is 0.259. The molecule has 0 amide bonds. The van der Waals surface area contributed by atoms with Crippen molar-refractivity contribution in [3.8, 4) is 0 Å². The van der Waals surface area contributed by atoms with E-state index >= 15 is 0 Å². The van der Waals surface area contributed by atoms with Gasteiger partial charge in [-0.15, -0.1) is 22.9 Å². The maximum absolute atomic E-state index is 5.91. The number of fused-ring (bicyclic) bond motifs is 1. The molecule has 2 aromatic rings. The van der Waals surface area contributed by atoms with Crippen LogP contribution < -0.4 is 4.90 Å². The summed E-state index contributed by atoms with van der Waals surface area (Å²) in [5.74, 6) is 1.56. The fourth-order valence-electron chi connectivity index (χ4n) is 1.74. The van der Waals surface area contributed by atoms with E-state index in [1.54, 1.807) is 17.7 Å². The number of rotatable bonds is 3. The molecule has 0 radical (unpaired) electrons. The molecule has 0 aliphatic rings. The highest BCUT2D eigenvalue weighted by Gasteiger charge is 2.17. The summed E-state index contributed by atoms with van der Waals surface area (Å²) in [5.41, 5.74) is 1.27. The summed E-state index contributed by atoms with van der Waals surface area (Å²) in [6, 6.07) is 0.259. The molecule has 92 valence electrons. The van der Waals surface area contributed by atoms with E-state index in [1.807, 2.05) is 7.05 Å². The Bertz CT molecular complexity index is 538. The first-order valence-electron chi connectivity index (χ1n) is 5.55. The first-order chi connectivity index (χ1) is 8.06. The van der Waals surface area contributed by atoms with Gasteiger partial charge in [0.15, 0.2) is 0 Å². The fraction of sp³-hybridized carbons (Fsp3) is 0.500. The van der Waals surface area contributed by atoms with Gasteiger partial charge in [0.25, 0.3) is 0 Å². The zero-order valence-corrected chi connectivity index (χ0v) is 12.1. The van der Waals surface area contributed by atoms with E-state index in [-0.39, 0.29) is 6.04 Å². The van der Waals surface area contributed by atoms with E-state index in [0.717, 1.165) is 16.0 Å². The SMILES string of the molecule is Cc1sc2ncnc(N(C)C(C)CCl)c2c1C. The van der Waals surface area contributed by atoms with Crippen LogP contribution in [0.15, 0.2) is 6.33 Å². The highest BCUT2D eigenvalue weighted by atomic mass is 35.5. The van der Waals surface area contributed by atoms with Crippen LogP contribution >= 0.6 is 22.9 Å². The molecule has 17 heavy (non-hydrogen) atoms. The Hall–Kier alpha value is -0.870. The molecule has 3 nitrogen and oxygen atoms in total. The summed E-state index contributed by atoms with van der Waals surface area (Å²) >= 11 is 7.63. The zero-order valence-electron chi connectivity index (χ0n) is 10.5. The molecule has 2 heterocycles. The van der Waals surface area contributed by atoms with Crippen LogP contribution in [0.4, 0.5) is 5.82 Å². The number of aryl methyl sites for hydroxylation is 2. The Labute approximate surface area is 110 Å². The van der Waals surface area contributed by atoms with E-state index in [2.05, 4.69) is 35.6 Å². The quantitative estimate of drug-likeness (QED) is 0.800. The highest BCUT2D eigenvalue weighted by Crippen LogP contribution is 2.34. The fourth-order valence-corrected chi connectivity index (χ4v) is 2.94. The lowest BCUT2D eigenvalue weighted by atomic mass is 10.2. The highest BCUT2D eigenvalue weighted by molar-refractivity contribution is 7.18. The molecule has 0 bridgehead atoms. The third kappa shape index (κ3) is 2.11. The topological polar surface area (TPSA) is 29.0 Å². The molecule has 1 atom stereocenters. The predicted octanol–water partition coefficient (Wildman–Crippen LogP) is 3.37. The third-order valence-corrected chi connectivity index (χ3v) is 4.73. The number of hydrogen-bond donors (Lipinski definition) is 0. The standard InChI is InChI=1S/C12H16ClN3S/c1-7(5-13)16(4)11-10-8(2)9(3)17-12(10)15-6-14-11/h6-7H,5H2,1-4H3. The van der Waals surface area contributed by atoms with Crippen molar-refractivity contribution in [2.45, 2.75) is 26.8 Å². The second kappa shape index (κ2) is 4.78. The summed E-state index contributed by atoms with van der Waals surface area (Å²) in [6.07, 6.45) is 1.63. The van der Waals surface area contributed by atoms with E-state index in [1.165, 1.54) is 10.4 Å². The number of thiophene rings is 1. The Morgan fingerprint density at radius 3 is 2.76 bits per heavy atom. The molecular weight excluding hydrogens is 254 g/mol. The van der Waals surface area contributed by atoms with Crippen LogP contribution in [0.5, 0.6) is 0 Å². The third-order valence-electron chi connectivity index (χ3n) is 3.16. The van der Waals surface area contributed by atoms with Crippen molar-refractivity contribution in [2.24, 2.45) is 0 Å². The normalized spacial score (nSPS) is 13.0. The van der Waals surface area contributed by atoms with Gasteiger partial charge in [0, 0.05) is 23.8 Å². The Morgan fingerprint density at radius 2 is 2.12 bits per heavy atom. The van der Waals surface area contributed by atoms with Crippen LogP contribution in [-0.2, 0) is 0 Å². The predicted molar refractivity (Wildman–Crippen MR) is 75.5 cm³/mol. The minimum Gasteiger partial charge on any atom is -0.355 e. The Morgan fingerprint density at radius 1 is 1.41 bits per heavy atom. The van der Waals surface area contributed by atoms with Gasteiger partial charge in [-0.2, -0.15) is 0 Å². The smallest absolute Gasteiger partial charge is 0.141 e. The van der Waals surface area contributed by atoms with E-state index in [0.29, 0.717) is 5.88 Å². The van der Waals surface area contributed by atoms with Crippen LogP contribution in [-0.4, -0.2) is 28.9 Å². The van der Waals surface area contributed by atoms with Gasteiger partial charge in [0.1, 0.15) is 17.0 Å². The summed E-state index contributed by atoms with van der Waals surface area (Å²) < 4.78 is 0. The van der Waals surface area contributed by atoms with Crippen LogP contribution in [0.1, 0.15) is 17.4 Å². The van der Waals surface area contributed by atoms with Gasteiger partial charge in [-0.25, -0.2) is 9.97 Å². The maximum Gasteiger partial charge on any atom is 0.141 e. The molecule has 0 saturated carbocycles. The first kappa shape index (κ1) is 12.6. The molecule has 2 rings (SSSR count). The van der Waals surface area contributed by atoms with Crippen molar-refractivity contribution in [3.63, 3.8) is 0 Å². The van der Waals surface area contributed by atoms with Gasteiger partial charge in [0.05, 0.1) is 5.39 Å². The Balaban J connectivity index is 2.61. The molecule has 0 aliphatic heterocycles. The van der Waals surface area contributed by atoms with Gasteiger partial charge in [-0.3, -0.25) is 0 Å². The molecule has 0 saturated heterocycles. The minimum atomic E-state index is 0.259. The number of nitrogens with zero attached hydrogens (tertiary/aromatic N) is 3. The maximum atomic E-state index is 5.91. The van der Waals surface area contributed by atoms with Gasteiger partial charge in [0.2, 0.25) is 0 Å². The number of anilines is 1. The zero-order chi connectivity index (χ0) is 12.6. The van der Waals surface area contributed by atoms with Crippen molar-refractivity contribution in [1.29, 1.82) is 0 Å². The molecule has 2 aromatic heterocycles. The van der Waals surface area contributed by atoms with E-state index in [4.69, 9.17) is 11.6 Å². The van der Waals surface area contributed by atoms with Crippen molar-refractivity contribution in [1.82, 2.24) is 9.97 Å².